The number of hydrogen-bond donors (Lipinski definition) is 1. The maximum atomic E-state index is 6.56. The fourth-order valence-electron chi connectivity index (χ4n) is 2.92. The highest BCUT2D eigenvalue weighted by atomic mass is 32.2. The van der Waals surface area contributed by atoms with Crippen LogP contribution in [0.3, 0.4) is 0 Å². The molecule has 2 N–H and O–H groups in total. The third kappa shape index (κ3) is 2.88. The number of hydrogen-bond acceptors (Lipinski definition) is 2. The quantitative estimate of drug-likeness (QED) is 0.855. The molecule has 0 aliphatic carbocycles. The zero-order valence-corrected chi connectivity index (χ0v) is 13.8. The average molecular weight is 297 g/mol. The molecule has 3 rings (SSSR count). The maximum Gasteiger partial charge on any atom is 0.0373 e. The lowest BCUT2D eigenvalue weighted by Crippen LogP contribution is -2.20. The molecular weight excluding hydrogens is 274 g/mol. The zero-order chi connectivity index (χ0) is 15.0. The Morgan fingerprint density at radius 3 is 2.38 bits per heavy atom. The Morgan fingerprint density at radius 2 is 1.71 bits per heavy atom. The Bertz CT molecular complexity index is 625. The van der Waals surface area contributed by atoms with Crippen LogP contribution in [0.1, 0.15) is 49.4 Å². The minimum atomic E-state index is 0.0789. The summed E-state index contributed by atoms with van der Waals surface area (Å²) in [5, 5.41) is 0. The van der Waals surface area contributed by atoms with E-state index in [-0.39, 0.29) is 11.5 Å². The van der Waals surface area contributed by atoms with E-state index in [1.807, 2.05) is 11.8 Å². The molecule has 2 aromatic rings. The van der Waals surface area contributed by atoms with Gasteiger partial charge in [0, 0.05) is 22.6 Å². The largest absolute Gasteiger partial charge is 0.323 e. The normalized spacial score (nSPS) is 19.3. The highest BCUT2D eigenvalue weighted by Crippen LogP contribution is 2.44. The fourth-order valence-corrected chi connectivity index (χ4v) is 4.23. The Morgan fingerprint density at radius 1 is 1.05 bits per heavy atom. The van der Waals surface area contributed by atoms with Gasteiger partial charge in [0.1, 0.15) is 0 Å². The molecule has 2 unspecified atom stereocenters. The van der Waals surface area contributed by atoms with Crippen LogP contribution in [0.2, 0.25) is 0 Å². The zero-order valence-electron chi connectivity index (χ0n) is 13.0. The van der Waals surface area contributed by atoms with E-state index in [0.717, 1.165) is 5.75 Å². The van der Waals surface area contributed by atoms with Crippen LogP contribution < -0.4 is 5.73 Å². The predicted octanol–water partition coefficient (Wildman–Crippen LogP) is 4.87. The molecule has 2 heteroatoms. The number of benzene rings is 2. The molecule has 1 aliphatic heterocycles. The van der Waals surface area contributed by atoms with E-state index in [1.54, 1.807) is 0 Å². The number of thioether (sulfide) groups is 1. The van der Waals surface area contributed by atoms with Gasteiger partial charge in [0.25, 0.3) is 0 Å². The first-order chi connectivity index (χ1) is 9.97. The van der Waals surface area contributed by atoms with Crippen LogP contribution in [0.5, 0.6) is 0 Å². The van der Waals surface area contributed by atoms with E-state index in [0.29, 0.717) is 5.92 Å². The molecule has 0 saturated carbocycles. The Hall–Kier alpha value is -1.25. The van der Waals surface area contributed by atoms with E-state index in [9.17, 15) is 0 Å². The van der Waals surface area contributed by atoms with Crippen LogP contribution >= 0.6 is 11.8 Å². The molecule has 0 fully saturated rings. The SMILES string of the molecule is CC(C)(C)c1ccc(C(N)C2CSc3ccccc32)cc1. The molecule has 1 heterocycles. The van der Waals surface area contributed by atoms with E-state index < -0.39 is 0 Å². The summed E-state index contributed by atoms with van der Waals surface area (Å²) in [6, 6.07) is 17.6. The van der Waals surface area contributed by atoms with Crippen LogP contribution in [-0.4, -0.2) is 5.75 Å². The molecule has 2 atom stereocenters. The second-order valence-electron chi connectivity index (χ2n) is 6.85. The van der Waals surface area contributed by atoms with Gasteiger partial charge in [-0.25, -0.2) is 0 Å². The number of nitrogens with two attached hydrogens (primary N) is 1. The van der Waals surface area contributed by atoms with Crippen LogP contribution in [0.25, 0.3) is 0 Å². The Balaban J connectivity index is 1.85. The van der Waals surface area contributed by atoms with Crippen LogP contribution in [-0.2, 0) is 5.41 Å². The van der Waals surface area contributed by atoms with Gasteiger partial charge in [-0.3, -0.25) is 0 Å². The van der Waals surface area contributed by atoms with Gasteiger partial charge in [-0.2, -0.15) is 0 Å². The lowest BCUT2D eigenvalue weighted by atomic mass is 9.84. The van der Waals surface area contributed by atoms with Gasteiger partial charge in [0.15, 0.2) is 0 Å². The summed E-state index contributed by atoms with van der Waals surface area (Å²) in [7, 11) is 0. The summed E-state index contributed by atoms with van der Waals surface area (Å²) < 4.78 is 0. The number of fused-ring (bicyclic) bond motifs is 1. The summed E-state index contributed by atoms with van der Waals surface area (Å²) >= 11 is 1.93. The molecule has 110 valence electrons. The fraction of sp³-hybridized carbons (Fsp3) is 0.368. The minimum absolute atomic E-state index is 0.0789. The molecule has 1 nitrogen and oxygen atoms in total. The van der Waals surface area contributed by atoms with Gasteiger partial charge in [-0.15, -0.1) is 11.8 Å². The summed E-state index contributed by atoms with van der Waals surface area (Å²) in [5.74, 6) is 1.51. The molecule has 0 saturated heterocycles. The third-order valence-electron chi connectivity index (χ3n) is 4.33. The van der Waals surface area contributed by atoms with Crippen molar-refractivity contribution in [2.75, 3.05) is 5.75 Å². The van der Waals surface area contributed by atoms with Crippen LogP contribution in [0.4, 0.5) is 0 Å². The van der Waals surface area contributed by atoms with Gasteiger partial charge in [0.2, 0.25) is 0 Å². The molecular formula is C19H23NS. The summed E-state index contributed by atoms with van der Waals surface area (Å²) in [6.45, 7) is 6.73. The van der Waals surface area contributed by atoms with E-state index >= 15 is 0 Å². The molecule has 0 amide bonds. The number of rotatable bonds is 2. The molecule has 0 aromatic heterocycles. The standard InChI is InChI=1S/C19H23NS/c1-19(2,3)14-10-8-13(9-11-14)18(20)16-12-21-17-7-5-4-6-15(16)17/h4-11,16,18H,12,20H2,1-3H3. The van der Waals surface area contributed by atoms with Gasteiger partial charge in [0.05, 0.1) is 0 Å². The van der Waals surface area contributed by atoms with Crippen molar-refractivity contribution in [2.45, 2.75) is 43.0 Å². The monoisotopic (exact) mass is 297 g/mol. The van der Waals surface area contributed by atoms with Gasteiger partial charge in [-0.1, -0.05) is 63.2 Å². The van der Waals surface area contributed by atoms with Crippen LogP contribution in [0, 0.1) is 0 Å². The topological polar surface area (TPSA) is 26.0 Å². The first-order valence-corrected chi connectivity index (χ1v) is 8.53. The van der Waals surface area contributed by atoms with E-state index in [2.05, 4.69) is 69.3 Å². The molecule has 0 bridgehead atoms. The summed E-state index contributed by atoms with van der Waals surface area (Å²) in [5.41, 5.74) is 10.8. The Labute approximate surface area is 132 Å². The van der Waals surface area contributed by atoms with Crippen molar-refractivity contribution >= 4 is 11.8 Å². The smallest absolute Gasteiger partial charge is 0.0373 e. The molecule has 21 heavy (non-hydrogen) atoms. The lowest BCUT2D eigenvalue weighted by Gasteiger charge is -2.23. The second kappa shape index (κ2) is 5.51. The van der Waals surface area contributed by atoms with Crippen LogP contribution in [0.15, 0.2) is 53.4 Å². The first kappa shape index (κ1) is 14.7. The molecule has 0 spiro atoms. The summed E-state index contributed by atoms with van der Waals surface area (Å²) in [6.07, 6.45) is 0. The molecule has 2 aromatic carbocycles. The Kier molecular flexibility index (Phi) is 3.85. The summed E-state index contributed by atoms with van der Waals surface area (Å²) in [4.78, 5) is 1.39. The van der Waals surface area contributed by atoms with E-state index in [4.69, 9.17) is 5.73 Å². The van der Waals surface area contributed by atoms with Crippen molar-refractivity contribution in [3.8, 4) is 0 Å². The van der Waals surface area contributed by atoms with Crippen molar-refractivity contribution < 1.29 is 0 Å². The van der Waals surface area contributed by atoms with Crippen molar-refractivity contribution in [1.29, 1.82) is 0 Å². The third-order valence-corrected chi connectivity index (χ3v) is 5.54. The first-order valence-electron chi connectivity index (χ1n) is 7.54. The van der Waals surface area contributed by atoms with Gasteiger partial charge in [-0.05, 0) is 28.2 Å². The predicted molar refractivity (Wildman–Crippen MR) is 92.0 cm³/mol. The maximum absolute atomic E-state index is 6.56. The van der Waals surface area contributed by atoms with Crippen molar-refractivity contribution in [2.24, 2.45) is 5.73 Å². The minimum Gasteiger partial charge on any atom is -0.323 e. The highest BCUT2D eigenvalue weighted by Gasteiger charge is 2.29. The second-order valence-corrected chi connectivity index (χ2v) is 7.91. The van der Waals surface area contributed by atoms with Crippen molar-refractivity contribution in [1.82, 2.24) is 0 Å². The van der Waals surface area contributed by atoms with Crippen molar-refractivity contribution in [3.63, 3.8) is 0 Å². The van der Waals surface area contributed by atoms with Gasteiger partial charge < -0.3 is 5.73 Å². The molecule has 1 aliphatic rings. The van der Waals surface area contributed by atoms with Gasteiger partial charge >= 0.3 is 0 Å². The average Bonchev–Trinajstić information content (AvgIpc) is 2.90. The highest BCUT2D eigenvalue weighted by molar-refractivity contribution is 7.99. The lowest BCUT2D eigenvalue weighted by molar-refractivity contribution is 0.585. The van der Waals surface area contributed by atoms with Crippen molar-refractivity contribution in [3.05, 3.63) is 65.2 Å². The van der Waals surface area contributed by atoms with E-state index in [1.165, 1.54) is 21.6 Å². The molecule has 0 radical (unpaired) electrons.